The number of aromatic carboxylic acids is 1. The maximum Gasteiger partial charge on any atom is 0.412 e. The number of hydrogen-bond donors (Lipinski definition) is 4. The van der Waals surface area contributed by atoms with Crippen molar-refractivity contribution < 1.29 is 29.0 Å². The Hall–Kier alpha value is -7.47. The van der Waals surface area contributed by atoms with E-state index in [1.165, 1.54) is 49.6 Å². The van der Waals surface area contributed by atoms with E-state index in [0.29, 0.717) is 22.5 Å². The Balaban J connectivity index is 0.000000162. The fraction of sp³-hybridized carbons (Fsp3) is 0.339. The number of pyridine rings is 3. The molecule has 0 aliphatic carbocycles. The first-order valence-corrected chi connectivity index (χ1v) is 27.7. The van der Waals surface area contributed by atoms with E-state index in [2.05, 4.69) is 46.4 Å². The van der Waals surface area contributed by atoms with Crippen molar-refractivity contribution in [3.8, 4) is 20.9 Å². The number of rotatable bonds is 13. The standard InChI is InChI=1S/C27H31N3O3S.C21H22N4OS.C11H14N2O2/c1-27(2,3)33-26(32)29-22-11-9-19(24-8-7-15-34-24)16-21(22)17-23(31)20-10-12-25(28-18-20)30-13-5-4-6-14-30;22-18-5-3-15(20-2-1-11-27-20)12-17(18)13-19(26)16-4-6-21(24-14-16)25-9-7-23-8-10-25;14-11(15)9-4-5-10(12-8-9)13-6-2-1-3-7-13/h7-12,15-16,18H,4-6,13-14,17H2,1-3H3,(H,29,32);1-6,11-12,14,23H,7-10,13,22H2;4-5,8H,1-3,6-7H2,(H,14,15). The number of piperazine rings is 1. The predicted molar refractivity (Wildman–Crippen MR) is 307 cm³/mol. The number of ketones is 2. The zero-order valence-corrected chi connectivity index (χ0v) is 45.1. The smallest absolute Gasteiger partial charge is 0.412 e. The van der Waals surface area contributed by atoms with E-state index in [-0.39, 0.29) is 30.0 Å². The van der Waals surface area contributed by atoms with Crippen LogP contribution in [-0.2, 0) is 17.6 Å². The van der Waals surface area contributed by atoms with Crippen molar-refractivity contribution in [3.05, 3.63) is 154 Å². The summed E-state index contributed by atoms with van der Waals surface area (Å²) in [6.07, 6.45) is 11.9. The number of amides is 1. The van der Waals surface area contributed by atoms with Gasteiger partial charge in [-0.3, -0.25) is 14.9 Å². The van der Waals surface area contributed by atoms with Crippen LogP contribution in [0.1, 0.15) is 101 Å². The first kappa shape index (κ1) is 54.8. The number of Topliss-reactive ketones (excluding diaryl/α,β-unsaturated/α-hetero) is 2. The largest absolute Gasteiger partial charge is 0.478 e. The van der Waals surface area contributed by atoms with Crippen molar-refractivity contribution in [1.29, 1.82) is 0 Å². The number of carbonyl (C=O) groups is 4. The van der Waals surface area contributed by atoms with Gasteiger partial charge in [0.1, 0.15) is 23.1 Å². The number of nitrogen functional groups attached to an aromatic ring is 1. The minimum Gasteiger partial charge on any atom is -0.478 e. The number of hydrogen-bond acceptors (Lipinski definition) is 15. The number of carbonyl (C=O) groups excluding carboxylic acids is 3. The molecular weight excluding hydrogens is 995 g/mol. The topological polar surface area (TPSA) is 196 Å². The predicted octanol–water partition coefficient (Wildman–Crippen LogP) is 11.6. The van der Waals surface area contributed by atoms with E-state index in [1.807, 2.05) is 110 Å². The average Bonchev–Trinajstić information content (AvgIpc) is 4.20. The Morgan fingerprint density at radius 1 is 0.605 bits per heavy atom. The Labute approximate surface area is 453 Å². The summed E-state index contributed by atoms with van der Waals surface area (Å²) in [5, 5.41) is 18.9. The van der Waals surface area contributed by atoms with E-state index in [1.54, 1.807) is 47.2 Å². The molecular formula is C59H67N9O6S2. The first-order chi connectivity index (χ1) is 36.8. The van der Waals surface area contributed by atoms with Crippen LogP contribution in [0.15, 0.2) is 126 Å². The van der Waals surface area contributed by atoms with Gasteiger partial charge in [-0.05, 0) is 165 Å². The number of ether oxygens (including phenoxy) is 1. The fourth-order valence-electron chi connectivity index (χ4n) is 9.09. The van der Waals surface area contributed by atoms with Crippen LogP contribution in [0.25, 0.3) is 20.9 Å². The number of aromatic nitrogens is 3. The zero-order valence-electron chi connectivity index (χ0n) is 43.5. The van der Waals surface area contributed by atoms with Gasteiger partial charge >= 0.3 is 12.1 Å². The molecule has 0 radical (unpaired) electrons. The summed E-state index contributed by atoms with van der Waals surface area (Å²) in [4.78, 5) is 71.1. The van der Waals surface area contributed by atoms with Gasteiger partial charge in [-0.2, -0.15) is 0 Å². The maximum atomic E-state index is 13.2. The van der Waals surface area contributed by atoms with E-state index in [9.17, 15) is 19.2 Å². The molecule has 0 atom stereocenters. The zero-order chi connectivity index (χ0) is 53.4. The van der Waals surface area contributed by atoms with E-state index in [4.69, 9.17) is 15.6 Å². The molecule has 0 saturated carbocycles. The Morgan fingerprint density at radius 2 is 1.07 bits per heavy atom. The number of carboxylic acids is 1. The molecule has 17 heteroatoms. The quantitative estimate of drug-likeness (QED) is 0.0629. The van der Waals surface area contributed by atoms with Crippen molar-refractivity contribution >= 4 is 75.1 Å². The van der Waals surface area contributed by atoms with Crippen LogP contribution >= 0.6 is 22.7 Å². The highest BCUT2D eigenvalue weighted by molar-refractivity contribution is 7.13. The summed E-state index contributed by atoms with van der Waals surface area (Å²) in [5.74, 6) is 1.79. The lowest BCUT2D eigenvalue weighted by Crippen LogP contribution is -2.43. The summed E-state index contributed by atoms with van der Waals surface area (Å²) in [5.41, 5.74) is 11.8. The van der Waals surface area contributed by atoms with Crippen molar-refractivity contribution in [2.75, 3.05) is 78.1 Å². The molecule has 0 bridgehead atoms. The summed E-state index contributed by atoms with van der Waals surface area (Å²) >= 11 is 3.31. The molecule has 3 fully saturated rings. The minimum absolute atomic E-state index is 0.0318. The van der Waals surface area contributed by atoms with Crippen molar-refractivity contribution in [2.45, 2.75) is 77.7 Å². The Kier molecular flexibility index (Phi) is 19.0. The molecule has 0 unspecified atom stereocenters. The highest BCUT2D eigenvalue weighted by atomic mass is 32.1. The normalized spacial score (nSPS) is 14.6. The van der Waals surface area contributed by atoms with Crippen LogP contribution in [0.3, 0.4) is 0 Å². The molecule has 5 aromatic heterocycles. The lowest BCUT2D eigenvalue weighted by atomic mass is 9.99. The third-order valence-corrected chi connectivity index (χ3v) is 15.0. The fourth-order valence-corrected chi connectivity index (χ4v) is 10.5. The lowest BCUT2D eigenvalue weighted by molar-refractivity contribution is 0.0633. The van der Waals surface area contributed by atoms with Crippen molar-refractivity contribution in [2.24, 2.45) is 0 Å². The second-order valence-electron chi connectivity index (χ2n) is 19.9. The number of thiophene rings is 2. The van der Waals surface area contributed by atoms with E-state index < -0.39 is 17.7 Å². The number of nitrogens with two attached hydrogens (primary N) is 1. The van der Waals surface area contributed by atoms with E-state index >= 15 is 0 Å². The molecule has 2 aromatic carbocycles. The summed E-state index contributed by atoms with van der Waals surface area (Å²) in [7, 11) is 0. The van der Waals surface area contributed by atoms with E-state index in [0.717, 1.165) is 96.9 Å². The third-order valence-electron chi connectivity index (χ3n) is 13.1. The minimum atomic E-state index is -0.923. The van der Waals surface area contributed by atoms with Gasteiger partial charge in [0, 0.05) is 116 Å². The number of nitrogens with one attached hydrogen (secondary N) is 2. The van der Waals surface area contributed by atoms with Gasteiger partial charge in [0.25, 0.3) is 0 Å². The van der Waals surface area contributed by atoms with Crippen LogP contribution in [0, 0.1) is 0 Å². The third kappa shape index (κ3) is 15.6. The second-order valence-corrected chi connectivity index (χ2v) is 21.8. The molecule has 5 N–H and O–H groups in total. The number of carboxylic acid groups (broad SMARTS) is 1. The van der Waals surface area contributed by atoms with Crippen molar-refractivity contribution in [3.63, 3.8) is 0 Å². The summed E-state index contributed by atoms with van der Waals surface area (Å²) in [6, 6.07) is 30.7. The molecule has 396 valence electrons. The Bertz CT molecular complexity index is 3000. The number of piperidine rings is 2. The van der Waals surface area contributed by atoms with Gasteiger partial charge in [-0.1, -0.05) is 24.3 Å². The molecule has 3 aliphatic heterocycles. The van der Waals surface area contributed by atoms with Gasteiger partial charge in [0.15, 0.2) is 11.6 Å². The van der Waals surface area contributed by atoms with Crippen molar-refractivity contribution in [1.82, 2.24) is 20.3 Å². The van der Waals surface area contributed by atoms with Crippen LogP contribution in [0.5, 0.6) is 0 Å². The molecule has 1 amide bonds. The van der Waals surface area contributed by atoms with Gasteiger partial charge in [0.05, 0.1) is 5.56 Å². The van der Waals surface area contributed by atoms with Crippen LogP contribution < -0.4 is 31.1 Å². The van der Waals surface area contributed by atoms with Gasteiger partial charge < -0.3 is 35.6 Å². The number of nitrogens with zero attached hydrogens (tertiary/aromatic N) is 6. The van der Waals surface area contributed by atoms with Gasteiger partial charge in [0.2, 0.25) is 0 Å². The van der Waals surface area contributed by atoms with Crippen LogP contribution in [0.4, 0.5) is 33.6 Å². The van der Waals surface area contributed by atoms with Gasteiger partial charge in [-0.25, -0.2) is 24.5 Å². The summed E-state index contributed by atoms with van der Waals surface area (Å²) < 4.78 is 5.41. The molecule has 0 spiro atoms. The molecule has 15 nitrogen and oxygen atoms in total. The molecule has 3 aliphatic rings. The van der Waals surface area contributed by atoms with Crippen LogP contribution in [-0.4, -0.2) is 102 Å². The SMILES string of the molecule is CC(C)(C)OC(=O)Nc1ccc(-c2cccs2)cc1CC(=O)c1ccc(N2CCCCC2)nc1.Nc1ccc(-c2cccs2)cc1CC(=O)c1ccc(N2CCNCC2)nc1.O=C(O)c1ccc(N2CCCCC2)nc1. The summed E-state index contributed by atoms with van der Waals surface area (Å²) in [6.45, 7) is 13.3. The average molecular weight is 1060 g/mol. The Morgan fingerprint density at radius 3 is 1.51 bits per heavy atom. The lowest BCUT2D eigenvalue weighted by Gasteiger charge is -2.28. The maximum absolute atomic E-state index is 13.2. The van der Waals surface area contributed by atoms with Gasteiger partial charge in [-0.15, -0.1) is 22.7 Å². The second kappa shape index (κ2) is 26.3. The molecule has 8 heterocycles. The molecule has 10 rings (SSSR count). The first-order valence-electron chi connectivity index (χ1n) is 26.0. The molecule has 7 aromatic rings. The number of anilines is 5. The monoisotopic (exact) mass is 1060 g/mol. The number of benzene rings is 2. The highest BCUT2D eigenvalue weighted by Gasteiger charge is 2.21. The van der Waals surface area contributed by atoms with Crippen LogP contribution in [0.2, 0.25) is 0 Å². The highest BCUT2D eigenvalue weighted by Crippen LogP contribution is 2.31. The molecule has 76 heavy (non-hydrogen) atoms. The molecule has 3 saturated heterocycles.